The molecule has 1 unspecified atom stereocenters. The number of hydrogen-bond donors (Lipinski definition) is 1. The van der Waals surface area contributed by atoms with E-state index >= 15 is 0 Å². The van der Waals surface area contributed by atoms with E-state index in [9.17, 15) is 0 Å². The molecular formula is C11H18BrN3. The second-order valence-corrected chi connectivity index (χ2v) is 4.86. The van der Waals surface area contributed by atoms with Gasteiger partial charge in [-0.1, -0.05) is 6.92 Å². The maximum Gasteiger partial charge on any atom is 0.114 e. The lowest BCUT2D eigenvalue weighted by atomic mass is 9.99. The van der Waals surface area contributed by atoms with Crippen LogP contribution in [0, 0.1) is 0 Å². The SMILES string of the molecule is CCc1nc2n(c1Br)CCCC2CNC. The zero-order valence-corrected chi connectivity index (χ0v) is 11.0. The molecule has 1 atom stereocenters. The minimum absolute atomic E-state index is 0.584. The fourth-order valence-electron chi connectivity index (χ4n) is 2.32. The number of aryl methyl sites for hydroxylation is 1. The lowest BCUT2D eigenvalue weighted by molar-refractivity contribution is 0.429. The molecule has 1 aliphatic heterocycles. The van der Waals surface area contributed by atoms with Crippen LogP contribution in [0.2, 0.25) is 0 Å². The van der Waals surface area contributed by atoms with E-state index in [4.69, 9.17) is 4.98 Å². The van der Waals surface area contributed by atoms with Crippen molar-refractivity contribution in [1.29, 1.82) is 0 Å². The van der Waals surface area contributed by atoms with Crippen molar-refractivity contribution in [2.24, 2.45) is 0 Å². The Morgan fingerprint density at radius 3 is 3.07 bits per heavy atom. The summed E-state index contributed by atoms with van der Waals surface area (Å²) in [6, 6.07) is 0. The molecule has 0 spiro atoms. The predicted molar refractivity (Wildman–Crippen MR) is 65.2 cm³/mol. The molecule has 2 rings (SSSR count). The van der Waals surface area contributed by atoms with Gasteiger partial charge in [-0.3, -0.25) is 0 Å². The number of nitrogens with zero attached hydrogens (tertiary/aromatic N) is 2. The molecule has 0 aromatic carbocycles. The summed E-state index contributed by atoms with van der Waals surface area (Å²) in [7, 11) is 2.01. The van der Waals surface area contributed by atoms with Crippen LogP contribution in [-0.2, 0) is 13.0 Å². The molecule has 0 saturated carbocycles. The van der Waals surface area contributed by atoms with Gasteiger partial charge in [-0.15, -0.1) is 0 Å². The van der Waals surface area contributed by atoms with E-state index < -0.39 is 0 Å². The number of likely N-dealkylation sites (N-methyl/N-ethyl adjacent to an activating group) is 1. The second kappa shape index (κ2) is 4.66. The van der Waals surface area contributed by atoms with Gasteiger partial charge in [-0.25, -0.2) is 4.98 Å². The Morgan fingerprint density at radius 1 is 1.60 bits per heavy atom. The third-order valence-electron chi connectivity index (χ3n) is 3.09. The first-order valence-corrected chi connectivity index (χ1v) is 6.46. The highest BCUT2D eigenvalue weighted by Crippen LogP contribution is 2.31. The van der Waals surface area contributed by atoms with Crippen molar-refractivity contribution < 1.29 is 0 Å². The molecular weight excluding hydrogens is 254 g/mol. The third-order valence-corrected chi connectivity index (χ3v) is 3.97. The van der Waals surface area contributed by atoms with E-state index in [-0.39, 0.29) is 0 Å². The summed E-state index contributed by atoms with van der Waals surface area (Å²) in [6.45, 7) is 4.31. The number of halogens is 1. The molecule has 1 aromatic heterocycles. The van der Waals surface area contributed by atoms with Crippen LogP contribution in [0.3, 0.4) is 0 Å². The minimum Gasteiger partial charge on any atom is -0.322 e. The lowest BCUT2D eigenvalue weighted by Crippen LogP contribution is -2.24. The van der Waals surface area contributed by atoms with Crippen molar-refractivity contribution >= 4 is 15.9 Å². The van der Waals surface area contributed by atoms with Crippen molar-refractivity contribution in [2.75, 3.05) is 13.6 Å². The van der Waals surface area contributed by atoms with E-state index in [1.54, 1.807) is 0 Å². The maximum atomic E-state index is 4.74. The van der Waals surface area contributed by atoms with Crippen molar-refractivity contribution in [3.05, 3.63) is 16.1 Å². The zero-order chi connectivity index (χ0) is 10.8. The summed E-state index contributed by atoms with van der Waals surface area (Å²) < 4.78 is 3.53. The third kappa shape index (κ3) is 1.97. The van der Waals surface area contributed by atoms with Crippen molar-refractivity contribution in [1.82, 2.24) is 14.9 Å². The summed E-state index contributed by atoms with van der Waals surface area (Å²) in [6.07, 6.45) is 3.53. The average Bonchev–Trinajstić information content (AvgIpc) is 2.58. The molecule has 15 heavy (non-hydrogen) atoms. The van der Waals surface area contributed by atoms with Crippen LogP contribution in [0.5, 0.6) is 0 Å². The van der Waals surface area contributed by atoms with Gasteiger partial charge in [-0.05, 0) is 42.2 Å². The minimum atomic E-state index is 0.584. The number of hydrogen-bond acceptors (Lipinski definition) is 2. The van der Waals surface area contributed by atoms with E-state index in [0.717, 1.165) is 19.5 Å². The van der Waals surface area contributed by atoms with Gasteiger partial charge in [0, 0.05) is 19.0 Å². The van der Waals surface area contributed by atoms with Crippen molar-refractivity contribution in [3.63, 3.8) is 0 Å². The quantitative estimate of drug-likeness (QED) is 0.915. The summed E-state index contributed by atoms with van der Waals surface area (Å²) in [5.74, 6) is 1.85. The van der Waals surface area contributed by atoms with Gasteiger partial charge in [0.25, 0.3) is 0 Å². The molecule has 1 N–H and O–H groups in total. The van der Waals surface area contributed by atoms with Gasteiger partial charge in [0.05, 0.1) is 5.69 Å². The molecule has 2 heterocycles. The summed E-state index contributed by atoms with van der Waals surface area (Å²) in [4.78, 5) is 4.74. The van der Waals surface area contributed by atoms with Crippen LogP contribution in [0.15, 0.2) is 4.60 Å². The summed E-state index contributed by atoms with van der Waals surface area (Å²) in [5.41, 5.74) is 1.20. The highest BCUT2D eigenvalue weighted by Gasteiger charge is 2.24. The van der Waals surface area contributed by atoms with Crippen LogP contribution in [0.25, 0.3) is 0 Å². The lowest BCUT2D eigenvalue weighted by Gasteiger charge is -2.23. The summed E-state index contributed by atoms with van der Waals surface area (Å²) >= 11 is 3.66. The zero-order valence-electron chi connectivity index (χ0n) is 9.39. The first-order chi connectivity index (χ1) is 7.27. The first kappa shape index (κ1) is 11.1. The topological polar surface area (TPSA) is 29.9 Å². The molecule has 1 aliphatic rings. The van der Waals surface area contributed by atoms with E-state index in [1.807, 2.05) is 7.05 Å². The molecule has 0 fully saturated rings. The van der Waals surface area contributed by atoms with Gasteiger partial charge >= 0.3 is 0 Å². The predicted octanol–water partition coefficient (Wildman–Crippen LogP) is 2.30. The molecule has 0 bridgehead atoms. The van der Waals surface area contributed by atoms with Crippen LogP contribution >= 0.6 is 15.9 Å². The largest absolute Gasteiger partial charge is 0.322 e. The highest BCUT2D eigenvalue weighted by atomic mass is 79.9. The second-order valence-electron chi connectivity index (χ2n) is 4.11. The number of fused-ring (bicyclic) bond motifs is 1. The van der Waals surface area contributed by atoms with Gasteiger partial charge < -0.3 is 9.88 Å². The molecule has 0 saturated heterocycles. The van der Waals surface area contributed by atoms with Gasteiger partial charge in [0.2, 0.25) is 0 Å². The molecule has 1 aromatic rings. The van der Waals surface area contributed by atoms with E-state index in [2.05, 4.69) is 32.7 Å². The fourth-order valence-corrected chi connectivity index (χ4v) is 3.04. The Bertz CT molecular complexity index is 346. The Balaban J connectivity index is 2.34. The molecule has 0 amide bonds. The smallest absolute Gasteiger partial charge is 0.114 e. The molecule has 0 radical (unpaired) electrons. The normalized spacial score (nSPS) is 20.3. The Kier molecular flexibility index (Phi) is 3.46. The number of aromatic nitrogens is 2. The Hall–Kier alpha value is -0.350. The Morgan fingerprint density at radius 2 is 2.40 bits per heavy atom. The molecule has 0 aliphatic carbocycles. The number of nitrogens with one attached hydrogen (secondary N) is 1. The summed E-state index contributed by atoms with van der Waals surface area (Å²) in [5, 5.41) is 3.26. The average molecular weight is 272 g/mol. The fraction of sp³-hybridized carbons (Fsp3) is 0.727. The monoisotopic (exact) mass is 271 g/mol. The van der Waals surface area contributed by atoms with Crippen molar-refractivity contribution in [3.8, 4) is 0 Å². The molecule has 84 valence electrons. The van der Waals surface area contributed by atoms with Crippen molar-refractivity contribution in [2.45, 2.75) is 38.6 Å². The standard InChI is InChI=1S/C11H18BrN3/c1-3-9-10(12)15-6-4-5-8(7-13-2)11(15)14-9/h8,13H,3-7H2,1-2H3. The van der Waals surface area contributed by atoms with Gasteiger partial charge in [0.1, 0.15) is 10.4 Å². The first-order valence-electron chi connectivity index (χ1n) is 5.67. The maximum absolute atomic E-state index is 4.74. The Labute approximate surface area is 99.4 Å². The van der Waals surface area contributed by atoms with E-state index in [0.29, 0.717) is 5.92 Å². The van der Waals surface area contributed by atoms with Crippen LogP contribution < -0.4 is 5.32 Å². The molecule has 3 nitrogen and oxygen atoms in total. The van der Waals surface area contributed by atoms with Crippen LogP contribution in [-0.4, -0.2) is 23.1 Å². The molecule has 4 heteroatoms. The highest BCUT2D eigenvalue weighted by molar-refractivity contribution is 9.10. The van der Waals surface area contributed by atoms with E-state index in [1.165, 1.54) is 29.0 Å². The van der Waals surface area contributed by atoms with Gasteiger partial charge in [0.15, 0.2) is 0 Å². The number of imidazole rings is 1. The van der Waals surface area contributed by atoms with Crippen LogP contribution in [0.1, 0.15) is 37.2 Å². The van der Waals surface area contributed by atoms with Gasteiger partial charge in [-0.2, -0.15) is 0 Å². The number of rotatable bonds is 3. The van der Waals surface area contributed by atoms with Crippen LogP contribution in [0.4, 0.5) is 0 Å².